The lowest BCUT2D eigenvalue weighted by molar-refractivity contribution is -0.132. The van der Waals surface area contributed by atoms with Crippen molar-refractivity contribution in [1.82, 2.24) is 0 Å². The molecule has 0 aromatic rings. The van der Waals surface area contributed by atoms with Crippen LogP contribution in [0.25, 0.3) is 0 Å². The molecule has 0 saturated heterocycles. The maximum absolute atomic E-state index is 10.3. The highest BCUT2D eigenvalue weighted by Gasteiger charge is 2.60. The fourth-order valence-electron chi connectivity index (χ4n) is 8.07. The molecule has 2 nitrogen and oxygen atoms in total. The number of aliphatic hydroxyl groups excluding tert-OH is 2. The Morgan fingerprint density at radius 1 is 0.870 bits per heavy atom. The van der Waals surface area contributed by atoms with Gasteiger partial charge in [0.2, 0.25) is 0 Å². The topological polar surface area (TPSA) is 40.5 Å². The van der Waals surface area contributed by atoms with Gasteiger partial charge in [-0.3, -0.25) is 0 Å². The lowest BCUT2D eigenvalue weighted by Gasteiger charge is -2.61. The smallest absolute Gasteiger partial charge is 0.0545 e. The van der Waals surface area contributed by atoms with Gasteiger partial charge in [-0.25, -0.2) is 0 Å². The quantitative estimate of drug-likeness (QED) is 0.752. The molecule has 4 aliphatic carbocycles. The van der Waals surface area contributed by atoms with E-state index in [0.29, 0.717) is 16.7 Å². The molecule has 0 bridgehead atoms. The first-order valence-corrected chi connectivity index (χ1v) is 10.2. The molecule has 4 rings (SSSR count). The monoisotopic (exact) mass is 320 g/mol. The lowest BCUT2D eigenvalue weighted by Crippen LogP contribution is -2.54. The summed E-state index contributed by atoms with van der Waals surface area (Å²) in [4.78, 5) is 0. The third kappa shape index (κ3) is 2.27. The van der Waals surface area contributed by atoms with Gasteiger partial charge in [0.05, 0.1) is 12.2 Å². The van der Waals surface area contributed by atoms with Crippen LogP contribution in [0.3, 0.4) is 0 Å². The van der Waals surface area contributed by atoms with Crippen molar-refractivity contribution in [2.45, 2.75) is 90.8 Å². The standard InChI is InChI=1S/C21H36O2/c1-13(22)17-6-7-18-16-5-4-14-12-15(23)8-10-20(14,2)19(16)9-11-21(17,18)3/h13-19,22-23H,4-12H2,1-3H3/t13-,14?,15-,16-,17-,18+,19+,20+,21-/m1/s1. The maximum atomic E-state index is 10.3. The van der Waals surface area contributed by atoms with Crippen molar-refractivity contribution >= 4 is 0 Å². The summed E-state index contributed by atoms with van der Waals surface area (Å²) >= 11 is 0. The zero-order chi connectivity index (χ0) is 16.4. The van der Waals surface area contributed by atoms with Crippen LogP contribution in [0.2, 0.25) is 0 Å². The number of hydrogen-bond donors (Lipinski definition) is 2. The maximum Gasteiger partial charge on any atom is 0.0545 e. The molecular weight excluding hydrogens is 284 g/mol. The van der Waals surface area contributed by atoms with E-state index >= 15 is 0 Å². The van der Waals surface area contributed by atoms with Crippen LogP contribution in [0, 0.1) is 40.4 Å². The third-order valence-corrected chi connectivity index (χ3v) is 9.29. The van der Waals surface area contributed by atoms with E-state index in [4.69, 9.17) is 0 Å². The average Bonchev–Trinajstić information content (AvgIpc) is 2.85. The van der Waals surface area contributed by atoms with Gasteiger partial charge in [-0.1, -0.05) is 13.8 Å². The summed E-state index contributed by atoms with van der Waals surface area (Å²) in [6.45, 7) is 7.08. The Morgan fingerprint density at radius 3 is 2.30 bits per heavy atom. The zero-order valence-corrected chi connectivity index (χ0v) is 15.3. The first-order valence-electron chi connectivity index (χ1n) is 10.2. The molecule has 4 saturated carbocycles. The van der Waals surface area contributed by atoms with Gasteiger partial charge in [-0.05, 0) is 105 Å². The highest BCUT2D eigenvalue weighted by molar-refractivity contribution is 5.09. The summed E-state index contributed by atoms with van der Waals surface area (Å²) < 4.78 is 0. The minimum absolute atomic E-state index is 0.0374. The van der Waals surface area contributed by atoms with E-state index in [-0.39, 0.29) is 12.2 Å². The highest BCUT2D eigenvalue weighted by atomic mass is 16.3. The Labute approximate surface area is 142 Å². The minimum atomic E-state index is -0.140. The Kier molecular flexibility index (Phi) is 3.89. The van der Waals surface area contributed by atoms with Gasteiger partial charge in [0.15, 0.2) is 0 Å². The summed E-state index contributed by atoms with van der Waals surface area (Å²) in [5.74, 6) is 3.87. The molecule has 0 aliphatic heterocycles. The van der Waals surface area contributed by atoms with E-state index in [1.54, 1.807) is 0 Å². The summed E-state index contributed by atoms with van der Waals surface area (Å²) in [6, 6.07) is 0. The predicted octanol–water partition coefficient (Wildman–Crippen LogP) is 4.39. The molecule has 1 unspecified atom stereocenters. The van der Waals surface area contributed by atoms with Gasteiger partial charge in [-0.2, -0.15) is 0 Å². The van der Waals surface area contributed by atoms with Crippen molar-refractivity contribution in [2.75, 3.05) is 0 Å². The molecule has 132 valence electrons. The number of rotatable bonds is 1. The Bertz CT molecular complexity index is 461. The van der Waals surface area contributed by atoms with Crippen molar-refractivity contribution in [3.05, 3.63) is 0 Å². The molecule has 4 aliphatic rings. The molecule has 23 heavy (non-hydrogen) atoms. The summed E-state index contributed by atoms with van der Waals surface area (Å²) in [6.07, 6.45) is 11.1. The van der Waals surface area contributed by atoms with Crippen LogP contribution in [0.4, 0.5) is 0 Å². The van der Waals surface area contributed by atoms with E-state index in [1.165, 1.54) is 44.9 Å². The molecule has 0 spiro atoms. The van der Waals surface area contributed by atoms with Crippen LogP contribution in [0.1, 0.15) is 78.6 Å². The largest absolute Gasteiger partial charge is 0.393 e. The van der Waals surface area contributed by atoms with Crippen molar-refractivity contribution in [3.63, 3.8) is 0 Å². The number of hydrogen-bond acceptors (Lipinski definition) is 2. The van der Waals surface area contributed by atoms with E-state index in [1.807, 2.05) is 6.92 Å². The summed E-state index contributed by atoms with van der Waals surface area (Å²) in [7, 11) is 0. The van der Waals surface area contributed by atoms with Crippen LogP contribution < -0.4 is 0 Å². The highest BCUT2D eigenvalue weighted by Crippen LogP contribution is 2.67. The SMILES string of the molecule is C[C@@H](O)[C@H]1CC[C@H]2[C@H]3CCC4C[C@H](O)CC[C@]4(C)[C@H]3CC[C@]12C. The Hall–Kier alpha value is -0.0800. The van der Waals surface area contributed by atoms with Crippen molar-refractivity contribution < 1.29 is 10.2 Å². The fourth-order valence-corrected chi connectivity index (χ4v) is 8.07. The van der Waals surface area contributed by atoms with Crippen molar-refractivity contribution in [2.24, 2.45) is 40.4 Å². The minimum Gasteiger partial charge on any atom is -0.393 e. The van der Waals surface area contributed by atoms with Gasteiger partial charge in [-0.15, -0.1) is 0 Å². The fraction of sp³-hybridized carbons (Fsp3) is 1.00. The second kappa shape index (κ2) is 5.46. The van der Waals surface area contributed by atoms with Gasteiger partial charge in [0.1, 0.15) is 0 Å². The van der Waals surface area contributed by atoms with Gasteiger partial charge in [0, 0.05) is 0 Å². The normalized spacial score (nSPS) is 57.3. The average molecular weight is 321 g/mol. The molecule has 9 atom stereocenters. The van der Waals surface area contributed by atoms with Crippen LogP contribution in [0.5, 0.6) is 0 Å². The molecule has 0 amide bonds. The molecule has 2 heteroatoms. The second-order valence-electron chi connectivity index (χ2n) is 10.1. The third-order valence-electron chi connectivity index (χ3n) is 9.29. The summed E-state index contributed by atoms with van der Waals surface area (Å²) in [5, 5.41) is 20.4. The Morgan fingerprint density at radius 2 is 1.57 bits per heavy atom. The van der Waals surface area contributed by atoms with E-state index in [2.05, 4.69) is 13.8 Å². The van der Waals surface area contributed by atoms with Crippen LogP contribution in [-0.4, -0.2) is 22.4 Å². The second-order valence-corrected chi connectivity index (χ2v) is 10.1. The predicted molar refractivity (Wildman–Crippen MR) is 92.9 cm³/mol. The van der Waals surface area contributed by atoms with Crippen LogP contribution in [0.15, 0.2) is 0 Å². The van der Waals surface area contributed by atoms with E-state index in [0.717, 1.165) is 36.5 Å². The molecular formula is C21H36O2. The lowest BCUT2D eigenvalue weighted by atomic mass is 9.44. The molecule has 0 heterocycles. The molecule has 4 fully saturated rings. The van der Waals surface area contributed by atoms with Crippen LogP contribution in [-0.2, 0) is 0 Å². The van der Waals surface area contributed by atoms with Gasteiger partial charge < -0.3 is 10.2 Å². The van der Waals surface area contributed by atoms with Gasteiger partial charge >= 0.3 is 0 Å². The molecule has 0 aromatic heterocycles. The Balaban J connectivity index is 1.60. The zero-order valence-electron chi connectivity index (χ0n) is 15.3. The molecule has 0 aromatic carbocycles. The van der Waals surface area contributed by atoms with Gasteiger partial charge in [0.25, 0.3) is 0 Å². The van der Waals surface area contributed by atoms with E-state index < -0.39 is 0 Å². The van der Waals surface area contributed by atoms with E-state index in [9.17, 15) is 10.2 Å². The number of aliphatic hydroxyl groups is 2. The number of fused-ring (bicyclic) bond motifs is 5. The van der Waals surface area contributed by atoms with Crippen LogP contribution >= 0.6 is 0 Å². The van der Waals surface area contributed by atoms with Crippen molar-refractivity contribution in [1.29, 1.82) is 0 Å². The first kappa shape index (κ1) is 16.4. The molecule has 0 radical (unpaired) electrons. The van der Waals surface area contributed by atoms with Crippen molar-refractivity contribution in [3.8, 4) is 0 Å². The summed E-state index contributed by atoms with van der Waals surface area (Å²) in [5.41, 5.74) is 0.860. The molecule has 2 N–H and O–H groups in total. The first-order chi connectivity index (χ1) is 10.9.